The van der Waals surface area contributed by atoms with E-state index in [1.54, 1.807) is 14.2 Å². The average Bonchev–Trinajstić information content (AvgIpc) is 3.13. The molecule has 0 saturated carbocycles. The summed E-state index contributed by atoms with van der Waals surface area (Å²) in [4.78, 5) is 16.3. The minimum Gasteiger partial charge on any atom is -0.497 e. The van der Waals surface area contributed by atoms with Gasteiger partial charge in [-0.05, 0) is 55.5 Å². The van der Waals surface area contributed by atoms with Crippen molar-refractivity contribution in [3.05, 3.63) is 45.6 Å². The fourth-order valence-electron chi connectivity index (χ4n) is 3.50. The van der Waals surface area contributed by atoms with E-state index in [1.807, 2.05) is 36.5 Å². The summed E-state index contributed by atoms with van der Waals surface area (Å²) in [5.41, 5.74) is 2.27. The van der Waals surface area contributed by atoms with Crippen LogP contribution in [0.25, 0.3) is 0 Å². The predicted molar refractivity (Wildman–Crippen MR) is 104 cm³/mol. The maximum absolute atomic E-state index is 12.6. The Morgan fingerprint density at radius 2 is 2.15 bits per heavy atom. The van der Waals surface area contributed by atoms with Crippen molar-refractivity contribution in [1.29, 1.82) is 0 Å². The van der Waals surface area contributed by atoms with Crippen molar-refractivity contribution in [2.45, 2.75) is 32.4 Å². The highest BCUT2D eigenvalue weighted by Crippen LogP contribution is 2.33. The number of carbonyl (C=O) groups is 1. The Morgan fingerprint density at radius 3 is 2.88 bits per heavy atom. The van der Waals surface area contributed by atoms with Crippen molar-refractivity contribution < 1.29 is 14.3 Å². The lowest BCUT2D eigenvalue weighted by Gasteiger charge is -2.33. The third-order valence-corrected chi connectivity index (χ3v) is 6.03. The highest BCUT2D eigenvalue weighted by Gasteiger charge is 2.26. The number of nitrogens with one attached hydrogen (secondary N) is 1. The number of amides is 1. The maximum atomic E-state index is 12.6. The van der Waals surface area contributed by atoms with Crippen LogP contribution >= 0.6 is 11.3 Å². The summed E-state index contributed by atoms with van der Waals surface area (Å²) in [5, 5.41) is 5.24. The van der Waals surface area contributed by atoms with Crippen molar-refractivity contribution >= 4 is 17.2 Å². The van der Waals surface area contributed by atoms with Crippen molar-refractivity contribution in [3.8, 4) is 11.5 Å². The Hall–Kier alpha value is -2.05. The molecular formula is C20H26N2O3S. The van der Waals surface area contributed by atoms with Crippen LogP contribution in [0.15, 0.2) is 29.6 Å². The normalized spacial score (nSPS) is 18.1. The Morgan fingerprint density at radius 1 is 1.35 bits per heavy atom. The molecule has 1 aliphatic heterocycles. The van der Waals surface area contributed by atoms with Gasteiger partial charge in [0.2, 0.25) is 5.91 Å². The Kier molecular flexibility index (Phi) is 5.84. The van der Waals surface area contributed by atoms with Crippen LogP contribution in [0.2, 0.25) is 0 Å². The van der Waals surface area contributed by atoms with Gasteiger partial charge < -0.3 is 14.8 Å². The molecule has 1 amide bonds. The van der Waals surface area contributed by atoms with Crippen molar-refractivity contribution in [2.24, 2.45) is 0 Å². The number of hydrogen-bond acceptors (Lipinski definition) is 5. The molecule has 2 atom stereocenters. The van der Waals surface area contributed by atoms with Gasteiger partial charge in [-0.2, -0.15) is 0 Å². The summed E-state index contributed by atoms with van der Waals surface area (Å²) in [6, 6.07) is 7.91. The smallest absolute Gasteiger partial charge is 0.234 e. The second kappa shape index (κ2) is 8.10. The Bertz CT molecular complexity index is 774. The molecule has 0 fully saturated rings. The minimum atomic E-state index is -0.163. The molecular weight excluding hydrogens is 348 g/mol. The van der Waals surface area contributed by atoms with Crippen molar-refractivity contribution in [1.82, 2.24) is 10.2 Å². The van der Waals surface area contributed by atoms with E-state index in [2.05, 4.69) is 28.6 Å². The first-order valence-electron chi connectivity index (χ1n) is 8.85. The van der Waals surface area contributed by atoms with Crippen LogP contribution < -0.4 is 14.8 Å². The van der Waals surface area contributed by atoms with Gasteiger partial charge in [0.15, 0.2) is 0 Å². The van der Waals surface area contributed by atoms with E-state index < -0.39 is 0 Å². The average molecular weight is 375 g/mol. The molecule has 0 bridgehead atoms. The van der Waals surface area contributed by atoms with Crippen LogP contribution in [0.4, 0.5) is 0 Å². The first kappa shape index (κ1) is 18.7. The van der Waals surface area contributed by atoms with Crippen LogP contribution in [0, 0.1) is 0 Å². The van der Waals surface area contributed by atoms with E-state index in [0.717, 1.165) is 30.0 Å². The van der Waals surface area contributed by atoms with Crippen molar-refractivity contribution in [3.63, 3.8) is 0 Å². The summed E-state index contributed by atoms with van der Waals surface area (Å²) >= 11 is 1.81. The van der Waals surface area contributed by atoms with Gasteiger partial charge in [0.1, 0.15) is 11.5 Å². The Labute approximate surface area is 158 Å². The van der Waals surface area contributed by atoms with Gasteiger partial charge in [0, 0.05) is 23.0 Å². The molecule has 1 aromatic carbocycles. The maximum Gasteiger partial charge on any atom is 0.234 e. The third kappa shape index (κ3) is 3.86. The molecule has 1 aromatic heterocycles. The zero-order valence-corrected chi connectivity index (χ0v) is 16.6. The number of nitrogens with zero attached hydrogens (tertiary/aromatic N) is 1. The number of rotatable bonds is 6. The zero-order chi connectivity index (χ0) is 18.7. The SMILES string of the molecule is COc1ccc(OC)c([C@H](C)NC(=O)CN2CCc3sccc3[C@@H]2C)c1. The molecule has 0 unspecified atom stereocenters. The van der Waals surface area contributed by atoms with E-state index >= 15 is 0 Å². The second-order valence-corrected chi connectivity index (χ2v) is 7.59. The lowest BCUT2D eigenvalue weighted by molar-refractivity contribution is -0.123. The number of hydrogen-bond donors (Lipinski definition) is 1. The molecule has 3 rings (SSSR count). The number of fused-ring (bicyclic) bond motifs is 1. The molecule has 0 spiro atoms. The van der Waals surface area contributed by atoms with Gasteiger partial charge >= 0.3 is 0 Å². The highest BCUT2D eigenvalue weighted by molar-refractivity contribution is 7.10. The number of carbonyl (C=O) groups excluding carboxylic acids is 1. The summed E-state index contributed by atoms with van der Waals surface area (Å²) in [6.45, 7) is 5.45. The molecule has 2 aromatic rings. The topological polar surface area (TPSA) is 50.8 Å². The van der Waals surface area contributed by atoms with Crippen LogP contribution in [-0.4, -0.2) is 38.1 Å². The molecule has 6 heteroatoms. The summed E-state index contributed by atoms with van der Waals surface area (Å²) in [5.74, 6) is 1.51. The molecule has 26 heavy (non-hydrogen) atoms. The van der Waals surface area contributed by atoms with Crippen LogP contribution in [0.3, 0.4) is 0 Å². The van der Waals surface area contributed by atoms with Crippen LogP contribution in [0.5, 0.6) is 11.5 Å². The lowest BCUT2D eigenvalue weighted by atomic mass is 10.0. The summed E-state index contributed by atoms with van der Waals surface area (Å²) in [7, 11) is 3.26. The summed E-state index contributed by atoms with van der Waals surface area (Å²) < 4.78 is 10.7. The van der Waals surface area contributed by atoms with Gasteiger partial charge in [-0.25, -0.2) is 0 Å². The molecule has 1 aliphatic rings. The first-order valence-corrected chi connectivity index (χ1v) is 9.73. The second-order valence-electron chi connectivity index (χ2n) is 6.59. The standard InChI is InChI=1S/C20H26N2O3S/c1-13(17-11-15(24-3)5-6-18(17)25-4)21-20(23)12-22-9-7-19-16(14(22)2)8-10-26-19/h5-6,8,10-11,13-14H,7,9,12H2,1-4H3,(H,21,23)/t13-,14-/m0/s1. The van der Waals surface area contributed by atoms with Gasteiger partial charge in [-0.1, -0.05) is 0 Å². The van der Waals surface area contributed by atoms with Gasteiger partial charge in [0.05, 0.1) is 26.8 Å². The highest BCUT2D eigenvalue weighted by atomic mass is 32.1. The first-order chi connectivity index (χ1) is 12.5. The minimum absolute atomic E-state index is 0.0212. The molecule has 0 radical (unpaired) electrons. The number of benzene rings is 1. The molecule has 0 saturated heterocycles. The van der Waals surface area contributed by atoms with E-state index in [0.29, 0.717) is 6.54 Å². The molecule has 140 valence electrons. The molecule has 2 heterocycles. The Balaban J connectivity index is 1.65. The van der Waals surface area contributed by atoms with E-state index in [1.165, 1.54) is 10.4 Å². The fraction of sp³-hybridized carbons (Fsp3) is 0.450. The molecule has 0 aliphatic carbocycles. The van der Waals surface area contributed by atoms with Gasteiger partial charge in [-0.3, -0.25) is 9.69 Å². The van der Waals surface area contributed by atoms with Gasteiger partial charge in [-0.15, -0.1) is 11.3 Å². The van der Waals surface area contributed by atoms with Crippen LogP contribution in [-0.2, 0) is 11.2 Å². The van der Waals surface area contributed by atoms with E-state index in [9.17, 15) is 4.79 Å². The predicted octanol–water partition coefficient (Wildman–Crippen LogP) is 3.56. The number of ether oxygens (including phenoxy) is 2. The molecule has 5 nitrogen and oxygen atoms in total. The monoisotopic (exact) mass is 374 g/mol. The quantitative estimate of drug-likeness (QED) is 0.840. The number of methoxy groups -OCH3 is 2. The zero-order valence-electron chi connectivity index (χ0n) is 15.7. The van der Waals surface area contributed by atoms with E-state index in [4.69, 9.17) is 9.47 Å². The van der Waals surface area contributed by atoms with Gasteiger partial charge in [0.25, 0.3) is 0 Å². The van der Waals surface area contributed by atoms with Crippen molar-refractivity contribution in [2.75, 3.05) is 27.3 Å². The third-order valence-electron chi connectivity index (χ3n) is 5.03. The summed E-state index contributed by atoms with van der Waals surface area (Å²) in [6.07, 6.45) is 1.02. The number of thiophene rings is 1. The lowest BCUT2D eigenvalue weighted by Crippen LogP contribution is -2.42. The van der Waals surface area contributed by atoms with E-state index in [-0.39, 0.29) is 18.0 Å². The molecule has 1 N–H and O–H groups in total. The van der Waals surface area contributed by atoms with Crippen LogP contribution in [0.1, 0.15) is 41.9 Å². The largest absolute Gasteiger partial charge is 0.497 e. The fourth-order valence-corrected chi connectivity index (χ4v) is 4.47.